The standard InChI is InChI=1S/C10H17N3O4S2/c1-8(7-11)13-19(16,17)10-5-3-9(4-6-10)18(14,15)12-2/h3-6,8,12-13H,7,11H2,1-2H3/t8-/m1/s1. The predicted molar refractivity (Wildman–Crippen MR) is 71.5 cm³/mol. The molecule has 0 aliphatic rings. The second-order valence-electron chi connectivity index (χ2n) is 3.94. The van der Waals surface area contributed by atoms with E-state index in [2.05, 4.69) is 9.44 Å². The first-order valence-electron chi connectivity index (χ1n) is 5.49. The number of nitrogens with one attached hydrogen (secondary N) is 2. The van der Waals surface area contributed by atoms with Gasteiger partial charge in [0, 0.05) is 12.6 Å². The van der Waals surface area contributed by atoms with Gasteiger partial charge >= 0.3 is 0 Å². The molecule has 0 radical (unpaired) electrons. The monoisotopic (exact) mass is 307 g/mol. The van der Waals surface area contributed by atoms with Crippen LogP contribution in [0.2, 0.25) is 0 Å². The molecule has 0 bridgehead atoms. The molecule has 1 rings (SSSR count). The molecule has 9 heteroatoms. The Morgan fingerprint density at radius 3 is 1.84 bits per heavy atom. The predicted octanol–water partition coefficient (Wildman–Crippen LogP) is -0.780. The Kier molecular flexibility index (Phi) is 5.04. The topological polar surface area (TPSA) is 118 Å². The molecule has 0 spiro atoms. The third kappa shape index (κ3) is 3.98. The maximum Gasteiger partial charge on any atom is 0.240 e. The fourth-order valence-corrected chi connectivity index (χ4v) is 3.28. The van der Waals surface area contributed by atoms with Crippen molar-refractivity contribution in [1.29, 1.82) is 0 Å². The van der Waals surface area contributed by atoms with E-state index in [4.69, 9.17) is 5.73 Å². The molecule has 7 nitrogen and oxygen atoms in total. The highest BCUT2D eigenvalue weighted by Crippen LogP contribution is 2.14. The van der Waals surface area contributed by atoms with Crippen LogP contribution in [0, 0.1) is 0 Å². The zero-order valence-electron chi connectivity index (χ0n) is 10.6. The summed E-state index contributed by atoms with van der Waals surface area (Å²) < 4.78 is 51.3. The minimum absolute atomic E-state index is 0.000762. The Labute approximate surface area is 113 Å². The zero-order chi connectivity index (χ0) is 14.7. The van der Waals surface area contributed by atoms with Crippen molar-refractivity contribution in [1.82, 2.24) is 9.44 Å². The molecule has 0 aliphatic carbocycles. The van der Waals surface area contributed by atoms with Gasteiger partial charge in [0.15, 0.2) is 0 Å². The van der Waals surface area contributed by atoms with Crippen LogP contribution in [0.1, 0.15) is 6.92 Å². The highest BCUT2D eigenvalue weighted by atomic mass is 32.2. The largest absolute Gasteiger partial charge is 0.329 e. The minimum Gasteiger partial charge on any atom is -0.329 e. The summed E-state index contributed by atoms with van der Waals surface area (Å²) in [6.45, 7) is 1.81. The number of hydrogen-bond acceptors (Lipinski definition) is 5. The average molecular weight is 307 g/mol. The van der Waals surface area contributed by atoms with Crippen molar-refractivity contribution in [2.45, 2.75) is 22.8 Å². The first-order valence-corrected chi connectivity index (χ1v) is 8.45. The lowest BCUT2D eigenvalue weighted by atomic mass is 10.4. The molecule has 1 aromatic rings. The van der Waals surface area contributed by atoms with E-state index in [1.165, 1.54) is 31.3 Å². The fourth-order valence-electron chi connectivity index (χ4n) is 1.30. The number of sulfonamides is 2. The first-order chi connectivity index (χ1) is 8.73. The molecule has 1 aromatic carbocycles. The molecule has 0 aromatic heterocycles. The molecule has 19 heavy (non-hydrogen) atoms. The maximum absolute atomic E-state index is 11.9. The normalized spacial score (nSPS) is 14.3. The molecule has 4 N–H and O–H groups in total. The average Bonchev–Trinajstić information content (AvgIpc) is 2.38. The van der Waals surface area contributed by atoms with Crippen molar-refractivity contribution in [3.63, 3.8) is 0 Å². The van der Waals surface area contributed by atoms with E-state index >= 15 is 0 Å². The lowest BCUT2D eigenvalue weighted by Crippen LogP contribution is -2.37. The second-order valence-corrected chi connectivity index (χ2v) is 7.54. The third-order valence-corrected chi connectivity index (χ3v) is 5.46. The van der Waals surface area contributed by atoms with Crippen LogP contribution in [0.5, 0.6) is 0 Å². The van der Waals surface area contributed by atoms with Gasteiger partial charge in [-0.1, -0.05) is 0 Å². The van der Waals surface area contributed by atoms with E-state index in [0.29, 0.717) is 0 Å². The van der Waals surface area contributed by atoms with Gasteiger partial charge in [0.05, 0.1) is 9.79 Å². The summed E-state index contributed by atoms with van der Waals surface area (Å²) in [5, 5.41) is 0. The van der Waals surface area contributed by atoms with Crippen molar-refractivity contribution in [2.24, 2.45) is 5.73 Å². The highest BCUT2D eigenvalue weighted by Gasteiger charge is 2.18. The Morgan fingerprint density at radius 2 is 1.47 bits per heavy atom. The molecule has 108 valence electrons. The Morgan fingerprint density at radius 1 is 1.05 bits per heavy atom. The molecule has 0 fully saturated rings. The Hall–Kier alpha value is -1.00. The summed E-state index contributed by atoms with van der Waals surface area (Å²) in [7, 11) is -5.98. The molecule has 0 heterocycles. The number of benzene rings is 1. The Balaban J connectivity index is 3.06. The number of nitrogens with two attached hydrogens (primary N) is 1. The smallest absolute Gasteiger partial charge is 0.240 e. The van der Waals surface area contributed by atoms with Gasteiger partial charge in [0.2, 0.25) is 20.0 Å². The van der Waals surface area contributed by atoms with E-state index in [-0.39, 0.29) is 16.3 Å². The number of hydrogen-bond donors (Lipinski definition) is 3. The van der Waals surface area contributed by atoms with Crippen LogP contribution >= 0.6 is 0 Å². The summed E-state index contributed by atoms with van der Waals surface area (Å²) in [5.41, 5.74) is 5.34. The lowest BCUT2D eigenvalue weighted by molar-refractivity contribution is 0.562. The van der Waals surface area contributed by atoms with Crippen LogP contribution < -0.4 is 15.2 Å². The van der Waals surface area contributed by atoms with Crippen LogP contribution in [0.4, 0.5) is 0 Å². The summed E-state index contributed by atoms with van der Waals surface area (Å²) >= 11 is 0. The molecular formula is C10H17N3O4S2. The summed E-state index contributed by atoms with van der Waals surface area (Å²) in [6.07, 6.45) is 0. The molecule has 1 atom stereocenters. The van der Waals surface area contributed by atoms with Gasteiger partial charge in [0.25, 0.3) is 0 Å². The van der Waals surface area contributed by atoms with Gasteiger partial charge in [-0.3, -0.25) is 0 Å². The van der Waals surface area contributed by atoms with Gasteiger partial charge in [-0.15, -0.1) is 0 Å². The van der Waals surface area contributed by atoms with Gasteiger partial charge in [0.1, 0.15) is 0 Å². The second kappa shape index (κ2) is 5.97. The van der Waals surface area contributed by atoms with E-state index in [1.54, 1.807) is 6.92 Å². The van der Waals surface area contributed by atoms with Crippen LogP contribution in [0.3, 0.4) is 0 Å². The maximum atomic E-state index is 11.9. The molecular weight excluding hydrogens is 290 g/mol. The van der Waals surface area contributed by atoms with Crippen molar-refractivity contribution >= 4 is 20.0 Å². The molecule has 0 aliphatic heterocycles. The van der Waals surface area contributed by atoms with Crippen molar-refractivity contribution in [3.8, 4) is 0 Å². The van der Waals surface area contributed by atoms with Crippen molar-refractivity contribution < 1.29 is 16.8 Å². The van der Waals surface area contributed by atoms with Gasteiger partial charge in [-0.25, -0.2) is 26.3 Å². The SMILES string of the molecule is CNS(=O)(=O)c1ccc(S(=O)(=O)N[C@H](C)CN)cc1. The van der Waals surface area contributed by atoms with Crippen LogP contribution in [0.15, 0.2) is 34.1 Å². The molecule has 0 amide bonds. The molecule has 0 saturated heterocycles. The van der Waals surface area contributed by atoms with E-state index in [0.717, 1.165) is 0 Å². The molecule has 0 unspecified atom stereocenters. The van der Waals surface area contributed by atoms with Gasteiger partial charge < -0.3 is 5.73 Å². The number of rotatable bonds is 6. The van der Waals surface area contributed by atoms with Crippen LogP contribution in [-0.2, 0) is 20.0 Å². The summed E-state index contributed by atoms with van der Waals surface area (Å²) in [5.74, 6) is 0. The fraction of sp³-hybridized carbons (Fsp3) is 0.400. The lowest BCUT2D eigenvalue weighted by Gasteiger charge is -2.12. The molecule has 0 saturated carbocycles. The van der Waals surface area contributed by atoms with Crippen LogP contribution in [0.25, 0.3) is 0 Å². The van der Waals surface area contributed by atoms with Gasteiger partial charge in [-0.2, -0.15) is 0 Å². The summed E-state index contributed by atoms with van der Waals surface area (Å²) in [4.78, 5) is -0.0105. The third-order valence-electron chi connectivity index (χ3n) is 2.42. The van der Waals surface area contributed by atoms with Crippen molar-refractivity contribution in [3.05, 3.63) is 24.3 Å². The van der Waals surface area contributed by atoms with E-state index in [9.17, 15) is 16.8 Å². The van der Waals surface area contributed by atoms with E-state index in [1.807, 2.05) is 0 Å². The minimum atomic E-state index is -3.69. The zero-order valence-corrected chi connectivity index (χ0v) is 12.3. The van der Waals surface area contributed by atoms with Gasteiger partial charge in [-0.05, 0) is 38.2 Å². The highest BCUT2D eigenvalue weighted by molar-refractivity contribution is 7.90. The van der Waals surface area contributed by atoms with Crippen LogP contribution in [-0.4, -0.2) is 36.5 Å². The summed E-state index contributed by atoms with van der Waals surface area (Å²) in [6, 6.07) is 4.53. The first kappa shape index (κ1) is 16.1. The van der Waals surface area contributed by atoms with Crippen molar-refractivity contribution in [2.75, 3.05) is 13.6 Å². The van der Waals surface area contributed by atoms with E-state index < -0.39 is 26.1 Å². The quantitative estimate of drug-likeness (QED) is 0.637. The Bertz CT molecular complexity index is 623.